The summed E-state index contributed by atoms with van der Waals surface area (Å²) in [7, 11) is 1.87. The Kier molecular flexibility index (Phi) is 5.72. The summed E-state index contributed by atoms with van der Waals surface area (Å²) in [5, 5.41) is 9.15. The Labute approximate surface area is 180 Å². The second-order valence-electron chi connectivity index (χ2n) is 6.81. The number of hydrogen-bond donors (Lipinski definition) is 2. The Bertz CT molecular complexity index is 1270. The number of nitrogens with zero attached hydrogens (tertiary/aromatic N) is 3. The third-order valence-electron chi connectivity index (χ3n) is 4.65. The molecular weight excluding hydrogens is 421 g/mol. The van der Waals surface area contributed by atoms with Gasteiger partial charge in [-0.15, -0.1) is 10.2 Å². The van der Waals surface area contributed by atoms with Crippen LogP contribution in [-0.2, 0) is 12.8 Å². The molecule has 158 valence electrons. The standard InChI is InChI=1S/C21H18FN5O3S/c1-12-16-9-15(22)7-8-17(16)30-18(12)20(29)25-24-19(28)14-5-3-13(4-6-14)10-31-21-26-23-11-27(21)2/h3-9,11H,10H2,1-2H3,(H,24,28)(H,25,29). The van der Waals surface area contributed by atoms with Crippen molar-refractivity contribution < 1.29 is 18.4 Å². The van der Waals surface area contributed by atoms with Crippen molar-refractivity contribution in [3.8, 4) is 0 Å². The number of hydrogen-bond acceptors (Lipinski definition) is 6. The van der Waals surface area contributed by atoms with E-state index >= 15 is 0 Å². The average molecular weight is 439 g/mol. The highest BCUT2D eigenvalue weighted by molar-refractivity contribution is 7.98. The molecule has 2 N–H and O–H groups in total. The van der Waals surface area contributed by atoms with E-state index in [0.29, 0.717) is 27.8 Å². The predicted molar refractivity (Wildman–Crippen MR) is 113 cm³/mol. The minimum absolute atomic E-state index is 0.0112. The fourth-order valence-corrected chi connectivity index (χ4v) is 3.80. The van der Waals surface area contributed by atoms with Crippen LogP contribution >= 0.6 is 11.8 Å². The molecule has 0 spiro atoms. The average Bonchev–Trinajstić information content (AvgIpc) is 3.33. The maximum Gasteiger partial charge on any atom is 0.305 e. The lowest BCUT2D eigenvalue weighted by Crippen LogP contribution is -2.41. The van der Waals surface area contributed by atoms with Gasteiger partial charge in [-0.3, -0.25) is 20.4 Å². The molecule has 0 unspecified atom stereocenters. The highest BCUT2D eigenvalue weighted by Crippen LogP contribution is 2.26. The Balaban J connectivity index is 1.35. The molecule has 4 aromatic rings. The summed E-state index contributed by atoms with van der Waals surface area (Å²) in [4.78, 5) is 24.8. The number of rotatable bonds is 5. The Morgan fingerprint density at radius 3 is 2.58 bits per heavy atom. The molecule has 10 heteroatoms. The summed E-state index contributed by atoms with van der Waals surface area (Å²) in [5.74, 6) is -0.830. The molecule has 2 amide bonds. The zero-order chi connectivity index (χ0) is 22.0. The van der Waals surface area contributed by atoms with E-state index in [-0.39, 0.29) is 5.76 Å². The fourth-order valence-electron chi connectivity index (χ4n) is 2.96. The summed E-state index contributed by atoms with van der Waals surface area (Å²) < 4.78 is 20.7. The first-order valence-electron chi connectivity index (χ1n) is 9.27. The normalized spacial score (nSPS) is 10.9. The second kappa shape index (κ2) is 8.60. The van der Waals surface area contributed by atoms with Crippen LogP contribution < -0.4 is 10.9 Å². The van der Waals surface area contributed by atoms with Crippen molar-refractivity contribution >= 4 is 34.5 Å². The molecule has 0 atom stereocenters. The molecule has 0 saturated carbocycles. The van der Waals surface area contributed by atoms with Gasteiger partial charge < -0.3 is 8.98 Å². The minimum atomic E-state index is -0.626. The SMILES string of the molecule is Cc1c(C(=O)NNC(=O)c2ccc(CSc3nncn3C)cc2)oc2ccc(F)cc12. The molecule has 2 aromatic heterocycles. The topological polar surface area (TPSA) is 102 Å². The van der Waals surface area contributed by atoms with Crippen molar-refractivity contribution in [1.82, 2.24) is 25.6 Å². The van der Waals surface area contributed by atoms with Crippen LogP contribution in [-0.4, -0.2) is 26.6 Å². The summed E-state index contributed by atoms with van der Waals surface area (Å²) in [6.45, 7) is 1.65. The number of aryl methyl sites for hydroxylation is 2. The Hall–Kier alpha value is -3.66. The van der Waals surface area contributed by atoms with Crippen molar-refractivity contribution in [2.45, 2.75) is 17.8 Å². The molecule has 0 saturated heterocycles. The van der Waals surface area contributed by atoms with Gasteiger partial charge in [-0.25, -0.2) is 4.39 Å². The molecule has 0 fully saturated rings. The van der Waals surface area contributed by atoms with Gasteiger partial charge >= 0.3 is 5.91 Å². The Morgan fingerprint density at radius 1 is 1.13 bits per heavy atom. The maximum absolute atomic E-state index is 13.4. The van der Waals surface area contributed by atoms with Crippen molar-refractivity contribution in [3.63, 3.8) is 0 Å². The van der Waals surface area contributed by atoms with Crippen LogP contribution in [0.3, 0.4) is 0 Å². The molecule has 8 nitrogen and oxygen atoms in total. The monoisotopic (exact) mass is 439 g/mol. The zero-order valence-electron chi connectivity index (χ0n) is 16.7. The van der Waals surface area contributed by atoms with Crippen LogP contribution in [0.5, 0.6) is 0 Å². The van der Waals surface area contributed by atoms with E-state index in [1.165, 1.54) is 30.0 Å². The molecule has 0 bridgehead atoms. The lowest BCUT2D eigenvalue weighted by molar-refractivity contribution is 0.0831. The first-order valence-corrected chi connectivity index (χ1v) is 10.3. The van der Waals surface area contributed by atoms with Gasteiger partial charge in [0.15, 0.2) is 10.9 Å². The van der Waals surface area contributed by atoms with Gasteiger partial charge in [0.2, 0.25) is 0 Å². The number of benzene rings is 2. The lowest BCUT2D eigenvalue weighted by Gasteiger charge is -2.07. The van der Waals surface area contributed by atoms with E-state index in [4.69, 9.17) is 4.42 Å². The van der Waals surface area contributed by atoms with Crippen molar-refractivity contribution in [3.05, 3.63) is 77.1 Å². The lowest BCUT2D eigenvalue weighted by atomic mass is 10.1. The molecule has 0 aliphatic carbocycles. The van der Waals surface area contributed by atoms with Gasteiger partial charge in [-0.05, 0) is 42.8 Å². The van der Waals surface area contributed by atoms with Gasteiger partial charge in [0.1, 0.15) is 17.7 Å². The van der Waals surface area contributed by atoms with Crippen LogP contribution in [0.25, 0.3) is 11.0 Å². The van der Waals surface area contributed by atoms with Gasteiger partial charge in [0, 0.05) is 29.3 Å². The number of nitrogens with one attached hydrogen (secondary N) is 2. The predicted octanol–water partition coefficient (Wildman–Crippen LogP) is 3.38. The number of halogens is 1. The van der Waals surface area contributed by atoms with Gasteiger partial charge in [0.25, 0.3) is 5.91 Å². The quantitative estimate of drug-likeness (QED) is 0.365. The number of carbonyl (C=O) groups is 2. The molecule has 0 aliphatic rings. The van der Waals surface area contributed by atoms with E-state index in [1.54, 1.807) is 25.4 Å². The number of thioether (sulfide) groups is 1. The van der Waals surface area contributed by atoms with E-state index in [1.807, 2.05) is 23.7 Å². The molecule has 0 aliphatic heterocycles. The first-order chi connectivity index (χ1) is 14.9. The summed E-state index contributed by atoms with van der Waals surface area (Å²) in [5.41, 5.74) is 6.98. The van der Waals surface area contributed by atoms with Gasteiger partial charge in [0.05, 0.1) is 0 Å². The third kappa shape index (κ3) is 4.43. The zero-order valence-corrected chi connectivity index (χ0v) is 17.5. The van der Waals surface area contributed by atoms with Crippen LogP contribution in [0.15, 0.2) is 58.4 Å². The van der Waals surface area contributed by atoms with E-state index < -0.39 is 17.6 Å². The molecular formula is C21H18FN5O3S. The van der Waals surface area contributed by atoms with E-state index in [2.05, 4.69) is 21.0 Å². The maximum atomic E-state index is 13.4. The molecule has 0 radical (unpaired) electrons. The number of amides is 2. The van der Waals surface area contributed by atoms with Crippen molar-refractivity contribution in [2.24, 2.45) is 7.05 Å². The number of furan rings is 1. The Morgan fingerprint density at radius 2 is 1.87 bits per heavy atom. The summed E-state index contributed by atoms with van der Waals surface area (Å²) in [6, 6.07) is 11.0. The van der Waals surface area contributed by atoms with Gasteiger partial charge in [-0.2, -0.15) is 0 Å². The molecule has 31 heavy (non-hydrogen) atoms. The minimum Gasteiger partial charge on any atom is -0.451 e. The molecule has 2 heterocycles. The number of fused-ring (bicyclic) bond motifs is 1. The van der Waals surface area contributed by atoms with Crippen LogP contribution in [0.2, 0.25) is 0 Å². The smallest absolute Gasteiger partial charge is 0.305 e. The summed E-state index contributed by atoms with van der Waals surface area (Å²) in [6.07, 6.45) is 1.63. The molecule has 4 rings (SSSR count). The van der Waals surface area contributed by atoms with E-state index in [9.17, 15) is 14.0 Å². The van der Waals surface area contributed by atoms with Crippen LogP contribution in [0.1, 0.15) is 32.0 Å². The van der Waals surface area contributed by atoms with Gasteiger partial charge in [-0.1, -0.05) is 23.9 Å². The first kappa shape index (κ1) is 20.6. The largest absolute Gasteiger partial charge is 0.451 e. The van der Waals surface area contributed by atoms with Crippen molar-refractivity contribution in [1.29, 1.82) is 0 Å². The highest BCUT2D eigenvalue weighted by atomic mass is 32.2. The van der Waals surface area contributed by atoms with Crippen LogP contribution in [0, 0.1) is 12.7 Å². The van der Waals surface area contributed by atoms with Crippen molar-refractivity contribution in [2.75, 3.05) is 0 Å². The second-order valence-corrected chi connectivity index (χ2v) is 7.76. The summed E-state index contributed by atoms with van der Waals surface area (Å²) >= 11 is 1.53. The number of hydrazine groups is 1. The fraction of sp³-hybridized carbons (Fsp3) is 0.143. The highest BCUT2D eigenvalue weighted by Gasteiger charge is 2.19. The third-order valence-corrected chi connectivity index (χ3v) is 5.75. The number of carbonyl (C=O) groups excluding carboxylic acids is 2. The number of aromatic nitrogens is 3. The molecule has 2 aromatic carbocycles. The van der Waals surface area contributed by atoms with Crippen LogP contribution in [0.4, 0.5) is 4.39 Å². The van der Waals surface area contributed by atoms with E-state index in [0.717, 1.165) is 10.7 Å².